The summed E-state index contributed by atoms with van der Waals surface area (Å²) in [5, 5.41) is 0.342. The Morgan fingerprint density at radius 3 is 2.40 bits per heavy atom. The van der Waals surface area contributed by atoms with Crippen LogP contribution in [0.4, 0.5) is 0 Å². The molecule has 0 aliphatic rings. The molecule has 0 fully saturated rings. The van der Waals surface area contributed by atoms with Gasteiger partial charge in [-0.1, -0.05) is 50.2 Å². The number of carbonyl (C=O) groups excluding carboxylic acids is 1. The third-order valence-corrected chi connectivity index (χ3v) is 4.70. The van der Waals surface area contributed by atoms with Crippen LogP contribution in [0.5, 0.6) is 17.2 Å². The number of hydrogen-bond acceptors (Lipinski definition) is 5. The lowest BCUT2D eigenvalue weighted by molar-refractivity contribution is 0.0735. The average Bonchev–Trinajstić information content (AvgIpc) is 2.76. The Labute approximate surface area is 173 Å². The topological polar surface area (TPSA) is 65.7 Å². The van der Waals surface area contributed by atoms with E-state index in [0.717, 1.165) is 5.56 Å². The molecule has 0 N–H and O–H groups in total. The fourth-order valence-electron chi connectivity index (χ4n) is 3.13. The first kappa shape index (κ1) is 19.5. The number of esters is 1. The van der Waals surface area contributed by atoms with E-state index < -0.39 is 5.97 Å². The molecule has 5 nitrogen and oxygen atoms in total. The van der Waals surface area contributed by atoms with Gasteiger partial charge < -0.3 is 13.9 Å². The lowest BCUT2D eigenvalue weighted by Crippen LogP contribution is -2.09. The summed E-state index contributed by atoms with van der Waals surface area (Å²) in [6, 6.07) is 20.9. The minimum atomic E-state index is -0.484. The molecule has 0 radical (unpaired) electrons. The van der Waals surface area contributed by atoms with E-state index in [1.165, 1.54) is 12.3 Å². The fourth-order valence-corrected chi connectivity index (χ4v) is 3.13. The Balaban J connectivity index is 1.62. The molecule has 1 heterocycles. The largest absolute Gasteiger partial charge is 0.460 e. The third kappa shape index (κ3) is 3.96. The van der Waals surface area contributed by atoms with Gasteiger partial charge in [-0.25, -0.2) is 4.79 Å². The Kier molecular flexibility index (Phi) is 5.35. The SMILES string of the molecule is CC(C)c1ccccc1Oc1coc2cc(OC(=O)c3ccccc3)ccc2c1=O. The van der Waals surface area contributed by atoms with Gasteiger partial charge in [-0.05, 0) is 41.8 Å². The number of carbonyl (C=O) groups is 1. The number of fused-ring (bicyclic) bond motifs is 1. The monoisotopic (exact) mass is 400 g/mol. The predicted octanol–water partition coefficient (Wildman–Crippen LogP) is 5.93. The van der Waals surface area contributed by atoms with Gasteiger partial charge in [-0.2, -0.15) is 0 Å². The second kappa shape index (κ2) is 8.25. The summed E-state index contributed by atoms with van der Waals surface area (Å²) in [6.45, 7) is 4.12. The first-order valence-corrected chi connectivity index (χ1v) is 9.62. The molecule has 4 rings (SSSR count). The molecule has 5 heteroatoms. The lowest BCUT2D eigenvalue weighted by atomic mass is 10.0. The van der Waals surface area contributed by atoms with Crippen LogP contribution in [0.1, 0.15) is 35.7 Å². The maximum Gasteiger partial charge on any atom is 0.343 e. The Morgan fingerprint density at radius 1 is 0.900 bits per heavy atom. The van der Waals surface area contributed by atoms with Crippen molar-refractivity contribution in [1.82, 2.24) is 0 Å². The summed E-state index contributed by atoms with van der Waals surface area (Å²) in [5.74, 6) is 0.772. The van der Waals surface area contributed by atoms with Gasteiger partial charge in [-0.15, -0.1) is 0 Å². The number of rotatable bonds is 5. The maximum atomic E-state index is 12.9. The molecule has 0 spiro atoms. The molecule has 3 aromatic carbocycles. The van der Waals surface area contributed by atoms with Gasteiger partial charge in [0.15, 0.2) is 0 Å². The van der Waals surface area contributed by atoms with E-state index in [4.69, 9.17) is 13.9 Å². The molecule has 0 unspecified atom stereocenters. The van der Waals surface area contributed by atoms with Crippen LogP contribution >= 0.6 is 0 Å². The van der Waals surface area contributed by atoms with Gasteiger partial charge in [0.25, 0.3) is 0 Å². The molecular formula is C25H20O5. The fraction of sp³-hybridized carbons (Fsp3) is 0.120. The normalized spacial score (nSPS) is 10.9. The Bertz CT molecular complexity index is 1260. The molecule has 1 aromatic heterocycles. The van der Waals surface area contributed by atoms with Crippen molar-refractivity contribution in [3.63, 3.8) is 0 Å². The van der Waals surface area contributed by atoms with E-state index in [-0.39, 0.29) is 17.1 Å². The van der Waals surface area contributed by atoms with E-state index in [1.807, 2.05) is 30.3 Å². The van der Waals surface area contributed by atoms with Crippen molar-refractivity contribution in [2.24, 2.45) is 0 Å². The van der Waals surface area contributed by atoms with Gasteiger partial charge in [0.05, 0.1) is 10.9 Å². The van der Waals surface area contributed by atoms with Crippen molar-refractivity contribution in [3.8, 4) is 17.2 Å². The summed E-state index contributed by atoms with van der Waals surface area (Å²) in [4.78, 5) is 25.1. The minimum Gasteiger partial charge on any atom is -0.460 e. The van der Waals surface area contributed by atoms with Crippen LogP contribution in [-0.2, 0) is 0 Å². The molecule has 0 aliphatic heterocycles. The summed E-state index contributed by atoms with van der Waals surface area (Å²) in [7, 11) is 0. The highest BCUT2D eigenvalue weighted by Crippen LogP contribution is 2.30. The van der Waals surface area contributed by atoms with Crippen LogP contribution in [0.25, 0.3) is 11.0 Å². The highest BCUT2D eigenvalue weighted by molar-refractivity contribution is 5.91. The van der Waals surface area contributed by atoms with E-state index in [9.17, 15) is 9.59 Å². The molecule has 30 heavy (non-hydrogen) atoms. The summed E-state index contributed by atoms with van der Waals surface area (Å²) in [6.07, 6.45) is 1.28. The molecule has 0 saturated carbocycles. The van der Waals surface area contributed by atoms with Crippen molar-refractivity contribution >= 4 is 16.9 Å². The number of ether oxygens (including phenoxy) is 2. The second-order valence-electron chi connectivity index (χ2n) is 7.14. The number of benzene rings is 3. The van der Waals surface area contributed by atoms with Crippen LogP contribution in [0.3, 0.4) is 0 Å². The Morgan fingerprint density at radius 2 is 1.63 bits per heavy atom. The van der Waals surface area contributed by atoms with Crippen molar-refractivity contribution < 1.29 is 18.7 Å². The average molecular weight is 400 g/mol. The molecule has 0 bridgehead atoms. The minimum absolute atomic E-state index is 0.102. The second-order valence-corrected chi connectivity index (χ2v) is 7.14. The molecule has 0 atom stereocenters. The Hall–Kier alpha value is -3.86. The molecule has 150 valence electrons. The van der Waals surface area contributed by atoms with E-state index in [0.29, 0.717) is 28.0 Å². The van der Waals surface area contributed by atoms with Crippen LogP contribution < -0.4 is 14.9 Å². The zero-order chi connectivity index (χ0) is 21.1. The van der Waals surface area contributed by atoms with Gasteiger partial charge in [0, 0.05) is 6.07 Å². The standard InChI is InChI=1S/C25H20O5/c1-16(2)19-10-6-7-11-21(19)30-23-15-28-22-14-18(12-13-20(22)24(23)26)29-25(27)17-8-4-3-5-9-17/h3-16H,1-2H3. The lowest BCUT2D eigenvalue weighted by Gasteiger charge is -2.13. The maximum absolute atomic E-state index is 12.9. The van der Waals surface area contributed by atoms with Crippen molar-refractivity contribution in [1.29, 1.82) is 0 Å². The molecule has 0 saturated heterocycles. The van der Waals surface area contributed by atoms with Crippen molar-refractivity contribution in [2.75, 3.05) is 0 Å². The van der Waals surface area contributed by atoms with Crippen LogP contribution in [-0.4, -0.2) is 5.97 Å². The van der Waals surface area contributed by atoms with Crippen LogP contribution in [0, 0.1) is 0 Å². The number of para-hydroxylation sites is 1. The zero-order valence-corrected chi connectivity index (χ0v) is 16.6. The summed E-state index contributed by atoms with van der Waals surface area (Å²) in [5.41, 5.74) is 1.45. The van der Waals surface area contributed by atoms with Gasteiger partial charge in [0.1, 0.15) is 23.3 Å². The molecule has 4 aromatic rings. The first-order chi connectivity index (χ1) is 14.5. The third-order valence-electron chi connectivity index (χ3n) is 4.70. The van der Waals surface area contributed by atoms with Gasteiger partial charge in [0.2, 0.25) is 11.2 Å². The highest BCUT2D eigenvalue weighted by Gasteiger charge is 2.14. The van der Waals surface area contributed by atoms with E-state index in [2.05, 4.69) is 13.8 Å². The summed E-state index contributed by atoms with van der Waals surface area (Å²) < 4.78 is 16.9. The summed E-state index contributed by atoms with van der Waals surface area (Å²) >= 11 is 0. The molecular weight excluding hydrogens is 380 g/mol. The first-order valence-electron chi connectivity index (χ1n) is 9.62. The van der Waals surface area contributed by atoms with Gasteiger partial charge in [-0.3, -0.25) is 4.79 Å². The molecule has 0 aliphatic carbocycles. The van der Waals surface area contributed by atoms with Crippen LogP contribution in [0.15, 0.2) is 88.3 Å². The predicted molar refractivity (Wildman–Crippen MR) is 114 cm³/mol. The van der Waals surface area contributed by atoms with Crippen LogP contribution in [0.2, 0.25) is 0 Å². The zero-order valence-electron chi connectivity index (χ0n) is 16.6. The number of hydrogen-bond donors (Lipinski definition) is 0. The highest BCUT2D eigenvalue weighted by atomic mass is 16.5. The van der Waals surface area contributed by atoms with E-state index >= 15 is 0 Å². The smallest absolute Gasteiger partial charge is 0.343 e. The van der Waals surface area contributed by atoms with E-state index in [1.54, 1.807) is 36.4 Å². The molecule has 0 amide bonds. The van der Waals surface area contributed by atoms with Crippen molar-refractivity contribution in [2.45, 2.75) is 19.8 Å². The van der Waals surface area contributed by atoms with Crippen molar-refractivity contribution in [3.05, 3.63) is 100 Å². The quantitative estimate of drug-likeness (QED) is 0.307. The van der Waals surface area contributed by atoms with Gasteiger partial charge >= 0.3 is 5.97 Å².